The number of thiazole rings is 1. The van der Waals surface area contributed by atoms with Gasteiger partial charge in [-0.25, -0.2) is 4.98 Å². The Hall–Kier alpha value is -0.650. The summed E-state index contributed by atoms with van der Waals surface area (Å²) in [5, 5.41) is 5.72. The van der Waals surface area contributed by atoms with Gasteiger partial charge in [0.1, 0.15) is 5.69 Å². The predicted octanol–water partition coefficient (Wildman–Crippen LogP) is 1.99. The molecule has 0 aromatic carbocycles. The lowest BCUT2D eigenvalue weighted by molar-refractivity contribution is 0.0886. The fourth-order valence-corrected chi connectivity index (χ4v) is 2.79. The molecule has 3 N–H and O–H groups in total. The number of carbonyl (C=O) groups excluding carboxylic acids is 1. The summed E-state index contributed by atoms with van der Waals surface area (Å²) in [4.78, 5) is 16.1. The van der Waals surface area contributed by atoms with Gasteiger partial charge in [-0.15, -0.1) is 23.7 Å². The van der Waals surface area contributed by atoms with Crippen molar-refractivity contribution in [2.24, 2.45) is 11.1 Å². The maximum atomic E-state index is 11.9. The molecule has 102 valence electrons. The molecular formula is C12H20ClN3OS. The van der Waals surface area contributed by atoms with Crippen molar-refractivity contribution in [3.8, 4) is 0 Å². The van der Waals surface area contributed by atoms with Crippen LogP contribution < -0.4 is 11.1 Å². The summed E-state index contributed by atoms with van der Waals surface area (Å²) in [6.45, 7) is 3.56. The van der Waals surface area contributed by atoms with Gasteiger partial charge in [0.25, 0.3) is 5.91 Å². The van der Waals surface area contributed by atoms with Crippen molar-refractivity contribution in [3.05, 3.63) is 16.1 Å². The second-order valence-electron chi connectivity index (χ2n) is 5.01. The van der Waals surface area contributed by atoms with E-state index in [0.29, 0.717) is 17.7 Å². The molecule has 18 heavy (non-hydrogen) atoms. The molecule has 1 aliphatic rings. The first-order valence-electron chi connectivity index (χ1n) is 6.06. The minimum absolute atomic E-state index is 0. The van der Waals surface area contributed by atoms with Crippen molar-refractivity contribution in [3.63, 3.8) is 0 Å². The van der Waals surface area contributed by atoms with E-state index in [0.717, 1.165) is 18.0 Å². The van der Waals surface area contributed by atoms with Crippen LogP contribution >= 0.6 is 23.7 Å². The summed E-state index contributed by atoms with van der Waals surface area (Å²) in [7, 11) is 0. The summed E-state index contributed by atoms with van der Waals surface area (Å²) < 4.78 is 0. The van der Waals surface area contributed by atoms with Crippen molar-refractivity contribution >= 4 is 29.7 Å². The van der Waals surface area contributed by atoms with E-state index in [9.17, 15) is 4.79 Å². The van der Waals surface area contributed by atoms with Gasteiger partial charge in [-0.2, -0.15) is 0 Å². The van der Waals surface area contributed by atoms with Crippen LogP contribution in [0.3, 0.4) is 0 Å². The molecule has 0 spiro atoms. The molecule has 1 heterocycles. The van der Waals surface area contributed by atoms with E-state index < -0.39 is 0 Å². The van der Waals surface area contributed by atoms with Crippen molar-refractivity contribution < 1.29 is 4.79 Å². The third-order valence-corrected chi connectivity index (χ3v) is 4.29. The fraction of sp³-hybridized carbons (Fsp3) is 0.667. The molecule has 0 bridgehead atoms. The van der Waals surface area contributed by atoms with Gasteiger partial charge in [-0.05, 0) is 24.8 Å². The Bertz CT molecular complexity index is 404. The minimum Gasteiger partial charge on any atom is -0.350 e. The maximum Gasteiger partial charge on any atom is 0.270 e. The molecule has 2 rings (SSSR count). The van der Waals surface area contributed by atoms with Gasteiger partial charge >= 0.3 is 0 Å². The Morgan fingerprint density at radius 1 is 1.61 bits per heavy atom. The van der Waals surface area contributed by atoms with Gasteiger partial charge in [0.05, 0.1) is 5.01 Å². The minimum atomic E-state index is -0.0577. The van der Waals surface area contributed by atoms with E-state index in [1.165, 1.54) is 30.6 Å². The number of nitrogens with two attached hydrogens (primary N) is 1. The Morgan fingerprint density at radius 2 is 2.33 bits per heavy atom. The molecule has 1 aliphatic carbocycles. The predicted molar refractivity (Wildman–Crippen MR) is 76.4 cm³/mol. The Labute approximate surface area is 118 Å². The first kappa shape index (κ1) is 15.4. The van der Waals surface area contributed by atoms with Gasteiger partial charge in [0.2, 0.25) is 0 Å². The van der Waals surface area contributed by atoms with E-state index in [1.807, 2.05) is 5.38 Å². The number of halogens is 1. The summed E-state index contributed by atoms with van der Waals surface area (Å²) in [5.74, 6) is -0.0577. The lowest BCUT2D eigenvalue weighted by atomic mass is 9.70. The van der Waals surface area contributed by atoms with Crippen molar-refractivity contribution in [2.45, 2.75) is 32.6 Å². The van der Waals surface area contributed by atoms with Crippen LogP contribution in [0, 0.1) is 5.41 Å². The van der Waals surface area contributed by atoms with Gasteiger partial charge in [0, 0.05) is 18.3 Å². The standard InChI is InChI=1S/C12H19N3OS.ClH/c1-12(4-2-5-12)8-14-11(16)9-7-17-10(15-9)3-6-13;/h7H,2-6,8,13H2,1H3,(H,14,16);1H. The molecule has 1 aromatic heterocycles. The van der Waals surface area contributed by atoms with Crippen molar-refractivity contribution in [2.75, 3.05) is 13.1 Å². The zero-order chi connectivity index (χ0) is 12.3. The molecule has 0 unspecified atom stereocenters. The number of carbonyl (C=O) groups is 1. The number of amides is 1. The smallest absolute Gasteiger partial charge is 0.270 e. The number of nitrogens with zero attached hydrogens (tertiary/aromatic N) is 1. The molecular weight excluding hydrogens is 270 g/mol. The number of rotatable bonds is 5. The number of hydrogen-bond acceptors (Lipinski definition) is 4. The molecule has 0 radical (unpaired) electrons. The number of aromatic nitrogens is 1. The van der Waals surface area contributed by atoms with Gasteiger partial charge < -0.3 is 11.1 Å². The van der Waals surface area contributed by atoms with Crippen molar-refractivity contribution in [1.82, 2.24) is 10.3 Å². The monoisotopic (exact) mass is 289 g/mol. The summed E-state index contributed by atoms with van der Waals surface area (Å²) >= 11 is 1.50. The molecule has 1 saturated carbocycles. The number of nitrogens with one attached hydrogen (secondary N) is 1. The molecule has 0 atom stereocenters. The molecule has 1 amide bonds. The van der Waals surface area contributed by atoms with Crippen LogP contribution in [0.25, 0.3) is 0 Å². The molecule has 1 aromatic rings. The van der Waals surface area contributed by atoms with E-state index in [-0.39, 0.29) is 18.3 Å². The largest absolute Gasteiger partial charge is 0.350 e. The topological polar surface area (TPSA) is 68.0 Å². The molecule has 0 aliphatic heterocycles. The van der Waals surface area contributed by atoms with Crippen molar-refractivity contribution in [1.29, 1.82) is 0 Å². The zero-order valence-electron chi connectivity index (χ0n) is 10.6. The van der Waals surface area contributed by atoms with Gasteiger partial charge in [0.15, 0.2) is 0 Å². The Morgan fingerprint density at radius 3 is 2.89 bits per heavy atom. The number of hydrogen-bond donors (Lipinski definition) is 2. The van der Waals surface area contributed by atoms with Crippen LogP contribution in [-0.2, 0) is 6.42 Å². The fourth-order valence-electron chi connectivity index (χ4n) is 1.99. The highest BCUT2D eigenvalue weighted by Crippen LogP contribution is 2.39. The highest BCUT2D eigenvalue weighted by Gasteiger charge is 2.32. The van der Waals surface area contributed by atoms with Gasteiger partial charge in [-0.3, -0.25) is 4.79 Å². The van der Waals surface area contributed by atoms with Crippen LogP contribution in [0.15, 0.2) is 5.38 Å². The summed E-state index contributed by atoms with van der Waals surface area (Å²) in [6.07, 6.45) is 4.45. The van der Waals surface area contributed by atoms with E-state index in [4.69, 9.17) is 5.73 Å². The van der Waals surface area contributed by atoms with E-state index in [2.05, 4.69) is 17.2 Å². The summed E-state index contributed by atoms with van der Waals surface area (Å²) in [5.41, 5.74) is 6.29. The summed E-state index contributed by atoms with van der Waals surface area (Å²) in [6, 6.07) is 0. The highest BCUT2D eigenvalue weighted by atomic mass is 35.5. The Balaban J connectivity index is 0.00000162. The third-order valence-electron chi connectivity index (χ3n) is 3.38. The second kappa shape index (κ2) is 6.50. The van der Waals surface area contributed by atoms with E-state index >= 15 is 0 Å². The van der Waals surface area contributed by atoms with Crippen LogP contribution in [0.5, 0.6) is 0 Å². The van der Waals surface area contributed by atoms with Crippen LogP contribution in [0.4, 0.5) is 0 Å². The molecule has 4 nitrogen and oxygen atoms in total. The van der Waals surface area contributed by atoms with Crippen LogP contribution in [0.1, 0.15) is 41.7 Å². The third kappa shape index (κ3) is 3.67. The molecule has 0 saturated heterocycles. The lowest BCUT2D eigenvalue weighted by Gasteiger charge is -2.38. The zero-order valence-corrected chi connectivity index (χ0v) is 12.2. The maximum absolute atomic E-state index is 11.9. The molecule has 1 fully saturated rings. The average molecular weight is 290 g/mol. The van der Waals surface area contributed by atoms with Crippen LogP contribution in [-0.4, -0.2) is 24.0 Å². The van der Waals surface area contributed by atoms with E-state index in [1.54, 1.807) is 0 Å². The quantitative estimate of drug-likeness (QED) is 0.871. The Kier molecular flexibility index (Phi) is 5.56. The average Bonchev–Trinajstić information content (AvgIpc) is 2.72. The lowest BCUT2D eigenvalue weighted by Crippen LogP contribution is -2.40. The first-order valence-corrected chi connectivity index (χ1v) is 6.94. The highest BCUT2D eigenvalue weighted by molar-refractivity contribution is 7.09. The first-order chi connectivity index (χ1) is 8.13. The van der Waals surface area contributed by atoms with Crippen LogP contribution in [0.2, 0.25) is 0 Å². The SMILES string of the molecule is CC1(CNC(=O)c2csc(CCN)n2)CCC1.Cl. The normalized spacial score (nSPS) is 16.6. The second-order valence-corrected chi connectivity index (χ2v) is 5.95. The van der Waals surface area contributed by atoms with Gasteiger partial charge in [-0.1, -0.05) is 13.3 Å². The molecule has 6 heteroatoms.